The van der Waals surface area contributed by atoms with Crippen molar-refractivity contribution in [2.24, 2.45) is 0 Å². The van der Waals surface area contributed by atoms with Crippen molar-refractivity contribution in [2.45, 2.75) is 105 Å². The molecular weight excluding hydrogens is 526 g/mol. The van der Waals surface area contributed by atoms with Gasteiger partial charge in [-0.25, -0.2) is 14.9 Å². The van der Waals surface area contributed by atoms with Crippen LogP contribution in [0.4, 0.5) is 9.59 Å². The van der Waals surface area contributed by atoms with E-state index in [-0.39, 0.29) is 5.60 Å². The molecule has 6 heteroatoms. The zero-order valence-electron chi connectivity index (χ0n) is 26.4. The van der Waals surface area contributed by atoms with Gasteiger partial charge in [-0.1, -0.05) is 53.1 Å². The van der Waals surface area contributed by atoms with Gasteiger partial charge in [0.1, 0.15) is 22.8 Å². The maximum atomic E-state index is 12.4. The Labute approximate surface area is 251 Å². The van der Waals surface area contributed by atoms with E-state index >= 15 is 0 Å². The van der Waals surface area contributed by atoms with Crippen LogP contribution in [0.2, 0.25) is 0 Å². The van der Waals surface area contributed by atoms with E-state index in [2.05, 4.69) is 58.2 Å². The molecule has 0 aliphatic carbocycles. The molecule has 1 atom stereocenters. The van der Waals surface area contributed by atoms with Gasteiger partial charge in [-0.3, -0.25) is 0 Å². The Bertz CT molecular complexity index is 1330. The van der Waals surface area contributed by atoms with Crippen LogP contribution in [0.15, 0.2) is 71.3 Å². The summed E-state index contributed by atoms with van der Waals surface area (Å²) < 4.78 is 17.2. The van der Waals surface area contributed by atoms with Crippen LogP contribution in [-0.2, 0) is 6.42 Å². The van der Waals surface area contributed by atoms with Gasteiger partial charge < -0.3 is 14.2 Å². The van der Waals surface area contributed by atoms with E-state index in [1.54, 1.807) is 30.3 Å². The van der Waals surface area contributed by atoms with E-state index in [4.69, 9.17) is 14.2 Å². The maximum absolute atomic E-state index is 12.4. The van der Waals surface area contributed by atoms with E-state index in [1.165, 1.54) is 16.7 Å². The number of ether oxygens (including phenoxy) is 3. The molecule has 0 unspecified atom stereocenters. The lowest BCUT2D eigenvalue weighted by Gasteiger charge is -2.37. The van der Waals surface area contributed by atoms with Crippen LogP contribution in [0.3, 0.4) is 0 Å². The second-order valence-corrected chi connectivity index (χ2v) is 11.9. The highest BCUT2D eigenvalue weighted by Gasteiger charge is 2.33. The van der Waals surface area contributed by atoms with Crippen LogP contribution in [0.1, 0.15) is 96.3 Å². The van der Waals surface area contributed by atoms with Gasteiger partial charge in [-0.05, 0) is 135 Å². The Morgan fingerprint density at radius 3 is 2.17 bits per heavy atom. The number of hydrogen-bond donors (Lipinski definition) is 1. The summed E-state index contributed by atoms with van der Waals surface area (Å²) in [5.41, 5.74) is 6.74. The fourth-order valence-electron chi connectivity index (χ4n) is 5.03. The summed E-state index contributed by atoms with van der Waals surface area (Å²) in [5, 5.41) is 2.11. The monoisotopic (exact) mass is 573 g/mol. The Kier molecular flexibility index (Phi) is 12.0. The molecule has 1 heterocycles. The fourth-order valence-corrected chi connectivity index (χ4v) is 5.03. The molecule has 6 nitrogen and oxygen atoms in total. The zero-order valence-corrected chi connectivity index (χ0v) is 26.4. The normalized spacial score (nSPS) is 16.6. The number of amides is 2. The summed E-state index contributed by atoms with van der Waals surface area (Å²) in [6.45, 7) is 14.8. The van der Waals surface area contributed by atoms with Crippen LogP contribution in [0.5, 0.6) is 17.2 Å². The molecule has 0 aromatic heterocycles. The third kappa shape index (κ3) is 10.2. The van der Waals surface area contributed by atoms with Crippen LogP contribution >= 0.6 is 0 Å². The summed E-state index contributed by atoms with van der Waals surface area (Å²) in [6, 6.07) is 10.4. The number of para-hydroxylation sites is 1. The van der Waals surface area contributed by atoms with E-state index in [1.807, 2.05) is 19.9 Å². The van der Waals surface area contributed by atoms with Gasteiger partial charge in [-0.15, -0.1) is 0 Å². The number of nitrogens with one attached hydrogen (secondary N) is 1. The standard InChI is InChI=1S/C36H47NO5/c1-25(2)14-11-15-26(3)16-12-17-27(4)18-13-22-36(7)23-21-30-24-32(28(5)29(6)33(30)42-36)41-35(39)37-34(38)40-31-19-9-8-10-20-31/h8-10,14,16,18-20,24H,11-13,15,17,21-23H2,1-7H3,(H,37,38,39)/b26-16+,27-18+/t36-/m1/s1. The van der Waals surface area contributed by atoms with Crippen molar-refractivity contribution >= 4 is 12.2 Å². The van der Waals surface area contributed by atoms with E-state index < -0.39 is 12.2 Å². The number of fused-ring (bicyclic) bond motifs is 1. The highest BCUT2D eigenvalue weighted by molar-refractivity contribution is 5.89. The highest BCUT2D eigenvalue weighted by atomic mass is 16.6. The minimum atomic E-state index is -0.899. The van der Waals surface area contributed by atoms with Crippen molar-refractivity contribution in [3.63, 3.8) is 0 Å². The molecular formula is C36H47NO5. The molecule has 2 aromatic carbocycles. The molecule has 0 radical (unpaired) electrons. The van der Waals surface area contributed by atoms with Crippen molar-refractivity contribution < 1.29 is 23.8 Å². The van der Waals surface area contributed by atoms with Gasteiger partial charge in [0.15, 0.2) is 0 Å². The van der Waals surface area contributed by atoms with Crippen molar-refractivity contribution in [1.29, 1.82) is 0 Å². The van der Waals surface area contributed by atoms with E-state index in [0.717, 1.165) is 73.8 Å². The minimum Gasteiger partial charge on any atom is -0.487 e. The highest BCUT2D eigenvalue weighted by Crippen LogP contribution is 2.42. The molecule has 0 spiro atoms. The third-order valence-corrected chi connectivity index (χ3v) is 7.79. The predicted molar refractivity (Wildman–Crippen MR) is 170 cm³/mol. The number of carbonyl (C=O) groups excluding carboxylic acids is 2. The lowest BCUT2D eigenvalue weighted by molar-refractivity contribution is 0.0560. The molecule has 0 saturated heterocycles. The first-order chi connectivity index (χ1) is 20.0. The average Bonchev–Trinajstić information content (AvgIpc) is 2.92. The number of imide groups is 1. The van der Waals surface area contributed by atoms with Gasteiger partial charge in [0.25, 0.3) is 0 Å². The Hall–Kier alpha value is -3.80. The molecule has 42 heavy (non-hydrogen) atoms. The summed E-state index contributed by atoms with van der Waals surface area (Å²) in [7, 11) is 0. The lowest BCUT2D eigenvalue weighted by Crippen LogP contribution is -2.37. The predicted octanol–water partition coefficient (Wildman–Crippen LogP) is 9.87. The maximum Gasteiger partial charge on any atom is 0.422 e. The SMILES string of the molecule is CC(C)=CCC/C(C)=C/CC/C(C)=C/CC[C@]1(C)CCc2cc(OC(=O)NC(=O)Oc3ccccc3)c(C)c(C)c2O1. The Morgan fingerprint density at radius 2 is 1.50 bits per heavy atom. The molecule has 1 N–H and O–H groups in total. The first kappa shape index (κ1) is 32.7. The molecule has 0 fully saturated rings. The van der Waals surface area contributed by atoms with Crippen LogP contribution in [-0.4, -0.2) is 17.8 Å². The summed E-state index contributed by atoms with van der Waals surface area (Å²) in [6.07, 6.45) is 13.3. The molecule has 226 valence electrons. The molecule has 2 aromatic rings. The first-order valence-corrected chi connectivity index (χ1v) is 15.0. The second kappa shape index (κ2) is 15.4. The molecule has 1 aliphatic heterocycles. The van der Waals surface area contributed by atoms with Crippen molar-refractivity contribution in [2.75, 3.05) is 0 Å². The van der Waals surface area contributed by atoms with Gasteiger partial charge in [0, 0.05) is 0 Å². The van der Waals surface area contributed by atoms with Crippen molar-refractivity contribution in [3.05, 3.63) is 88.0 Å². The van der Waals surface area contributed by atoms with Crippen LogP contribution in [0, 0.1) is 13.8 Å². The average molecular weight is 574 g/mol. The number of rotatable bonds is 11. The number of aryl methyl sites for hydroxylation is 1. The molecule has 3 rings (SSSR count). The lowest BCUT2D eigenvalue weighted by atomic mass is 9.86. The number of benzene rings is 2. The Balaban J connectivity index is 1.52. The molecule has 0 saturated carbocycles. The number of allylic oxidation sites excluding steroid dienone is 6. The van der Waals surface area contributed by atoms with Crippen LogP contribution < -0.4 is 19.5 Å². The molecule has 1 aliphatic rings. The Morgan fingerprint density at radius 1 is 0.881 bits per heavy atom. The van der Waals surface area contributed by atoms with Crippen molar-refractivity contribution in [3.8, 4) is 17.2 Å². The van der Waals surface area contributed by atoms with Gasteiger partial charge >= 0.3 is 12.2 Å². The van der Waals surface area contributed by atoms with Crippen LogP contribution in [0.25, 0.3) is 0 Å². The quantitative estimate of drug-likeness (QED) is 0.271. The third-order valence-electron chi connectivity index (χ3n) is 7.79. The van der Waals surface area contributed by atoms with Gasteiger partial charge in [0.05, 0.1) is 0 Å². The zero-order chi connectivity index (χ0) is 30.7. The molecule has 2 amide bonds. The topological polar surface area (TPSA) is 73.9 Å². The van der Waals surface area contributed by atoms with E-state index in [0.29, 0.717) is 11.5 Å². The number of hydrogen-bond acceptors (Lipinski definition) is 5. The van der Waals surface area contributed by atoms with E-state index in [9.17, 15) is 9.59 Å². The first-order valence-electron chi connectivity index (χ1n) is 15.0. The summed E-state index contributed by atoms with van der Waals surface area (Å²) in [4.78, 5) is 24.5. The van der Waals surface area contributed by atoms with Crippen molar-refractivity contribution in [1.82, 2.24) is 5.32 Å². The van der Waals surface area contributed by atoms with Gasteiger partial charge in [-0.2, -0.15) is 0 Å². The minimum absolute atomic E-state index is 0.261. The second-order valence-electron chi connectivity index (χ2n) is 11.9. The fraction of sp³-hybridized carbons (Fsp3) is 0.444. The number of carbonyl (C=O) groups is 2. The summed E-state index contributed by atoms with van der Waals surface area (Å²) >= 11 is 0. The smallest absolute Gasteiger partial charge is 0.422 e. The van der Waals surface area contributed by atoms with Gasteiger partial charge in [0.2, 0.25) is 0 Å². The molecule has 0 bridgehead atoms. The largest absolute Gasteiger partial charge is 0.487 e. The summed E-state index contributed by atoms with van der Waals surface area (Å²) in [5.74, 6) is 1.61.